The van der Waals surface area contributed by atoms with Gasteiger partial charge in [-0.3, -0.25) is 19.0 Å². The molecular formula is C10H11ClN4O2. The summed E-state index contributed by atoms with van der Waals surface area (Å²) in [6, 6.07) is 0. The fourth-order valence-electron chi connectivity index (χ4n) is 1.50. The normalized spacial score (nSPS) is 10.7. The lowest BCUT2D eigenvalue weighted by atomic mass is 10.2. The summed E-state index contributed by atoms with van der Waals surface area (Å²) in [7, 11) is 1.83. The van der Waals surface area contributed by atoms with E-state index in [2.05, 4.69) is 10.1 Å². The van der Waals surface area contributed by atoms with Crippen LogP contribution in [0.1, 0.15) is 5.56 Å². The molecule has 0 amide bonds. The van der Waals surface area contributed by atoms with E-state index in [1.807, 2.05) is 13.2 Å². The first-order chi connectivity index (χ1) is 8.06. The Bertz CT molecular complexity index is 640. The fraction of sp³-hybridized carbons (Fsp3) is 0.300. The van der Waals surface area contributed by atoms with Gasteiger partial charge in [-0.25, -0.2) is 4.79 Å². The molecule has 0 unspecified atom stereocenters. The standard InChI is InChI=1S/C10H11ClN4O2/c1-14-5-7(4-12-14)2-3-15-6-8(11)9(16)13-10(15)17/h4-6H,2-3H2,1H3,(H,13,16,17). The quantitative estimate of drug-likeness (QED) is 0.848. The third kappa shape index (κ3) is 2.65. The van der Waals surface area contributed by atoms with Gasteiger partial charge in [0.15, 0.2) is 0 Å². The van der Waals surface area contributed by atoms with Gasteiger partial charge in [0.1, 0.15) is 5.02 Å². The monoisotopic (exact) mass is 254 g/mol. The van der Waals surface area contributed by atoms with Crippen LogP contribution in [-0.2, 0) is 20.0 Å². The van der Waals surface area contributed by atoms with Crippen LogP contribution in [0.4, 0.5) is 0 Å². The molecule has 1 N–H and O–H groups in total. The lowest BCUT2D eigenvalue weighted by Gasteiger charge is -2.03. The Balaban J connectivity index is 2.17. The molecule has 6 nitrogen and oxygen atoms in total. The number of hydrogen-bond donors (Lipinski definition) is 1. The molecule has 0 aliphatic heterocycles. The topological polar surface area (TPSA) is 72.7 Å². The summed E-state index contributed by atoms with van der Waals surface area (Å²) in [5.41, 5.74) is -0.000641. The summed E-state index contributed by atoms with van der Waals surface area (Å²) in [5, 5.41) is 4.04. The third-order valence-corrected chi connectivity index (χ3v) is 2.64. The minimum Gasteiger partial charge on any atom is -0.299 e. The van der Waals surface area contributed by atoms with E-state index in [0.29, 0.717) is 13.0 Å². The lowest BCUT2D eigenvalue weighted by Crippen LogP contribution is -2.30. The number of hydrogen-bond acceptors (Lipinski definition) is 3. The number of nitrogens with one attached hydrogen (secondary N) is 1. The van der Waals surface area contributed by atoms with Crippen molar-refractivity contribution < 1.29 is 0 Å². The summed E-state index contributed by atoms with van der Waals surface area (Å²) >= 11 is 5.65. The van der Waals surface area contributed by atoms with Crippen LogP contribution in [0.15, 0.2) is 28.2 Å². The molecule has 0 fully saturated rings. The van der Waals surface area contributed by atoms with E-state index in [9.17, 15) is 9.59 Å². The van der Waals surface area contributed by atoms with Crippen molar-refractivity contribution in [1.82, 2.24) is 19.3 Å². The number of aryl methyl sites for hydroxylation is 3. The molecule has 0 atom stereocenters. The second-order valence-electron chi connectivity index (χ2n) is 3.70. The first-order valence-electron chi connectivity index (χ1n) is 5.03. The predicted molar refractivity (Wildman–Crippen MR) is 63.2 cm³/mol. The van der Waals surface area contributed by atoms with E-state index in [1.54, 1.807) is 10.9 Å². The minimum atomic E-state index is -0.561. The van der Waals surface area contributed by atoms with Gasteiger partial charge < -0.3 is 0 Å². The number of halogens is 1. The van der Waals surface area contributed by atoms with Crippen molar-refractivity contribution in [3.8, 4) is 0 Å². The van der Waals surface area contributed by atoms with Gasteiger partial charge in [0, 0.05) is 26.0 Å². The molecule has 90 valence electrons. The molecule has 0 aliphatic carbocycles. The average molecular weight is 255 g/mol. The van der Waals surface area contributed by atoms with Crippen LogP contribution in [-0.4, -0.2) is 19.3 Å². The van der Waals surface area contributed by atoms with Crippen molar-refractivity contribution in [2.24, 2.45) is 7.05 Å². The third-order valence-electron chi connectivity index (χ3n) is 2.37. The van der Waals surface area contributed by atoms with E-state index in [4.69, 9.17) is 11.6 Å². The highest BCUT2D eigenvalue weighted by Gasteiger charge is 2.03. The Morgan fingerprint density at radius 1 is 1.41 bits per heavy atom. The average Bonchev–Trinajstić information content (AvgIpc) is 2.68. The summed E-state index contributed by atoms with van der Waals surface area (Å²) in [4.78, 5) is 24.6. The number of rotatable bonds is 3. The van der Waals surface area contributed by atoms with Crippen LogP contribution in [0.2, 0.25) is 5.02 Å². The smallest absolute Gasteiger partial charge is 0.299 e. The molecule has 0 aromatic carbocycles. The zero-order chi connectivity index (χ0) is 12.4. The Labute approximate surface area is 101 Å². The van der Waals surface area contributed by atoms with Crippen LogP contribution >= 0.6 is 11.6 Å². The van der Waals surface area contributed by atoms with Crippen molar-refractivity contribution in [3.05, 3.63) is 50.0 Å². The maximum atomic E-state index is 11.4. The Kier molecular flexibility index (Phi) is 3.14. The number of aromatic nitrogens is 4. The van der Waals surface area contributed by atoms with Crippen LogP contribution in [0.3, 0.4) is 0 Å². The molecule has 0 radical (unpaired) electrons. The van der Waals surface area contributed by atoms with Crippen molar-refractivity contribution in [2.75, 3.05) is 0 Å². The molecule has 2 aromatic heterocycles. The summed E-state index contributed by atoms with van der Waals surface area (Å²) in [6.45, 7) is 0.445. The highest BCUT2D eigenvalue weighted by Crippen LogP contribution is 2.01. The second kappa shape index (κ2) is 4.58. The molecule has 2 rings (SSSR count). The molecule has 0 saturated heterocycles. The van der Waals surface area contributed by atoms with Gasteiger partial charge in [-0.1, -0.05) is 11.6 Å². The molecule has 0 saturated carbocycles. The van der Waals surface area contributed by atoms with Crippen LogP contribution < -0.4 is 11.2 Å². The molecule has 0 aliphatic rings. The van der Waals surface area contributed by atoms with Crippen molar-refractivity contribution in [3.63, 3.8) is 0 Å². The van der Waals surface area contributed by atoms with Gasteiger partial charge in [0.2, 0.25) is 0 Å². The SMILES string of the molecule is Cn1cc(CCn2cc(Cl)c(=O)[nH]c2=O)cn1. The van der Waals surface area contributed by atoms with Crippen LogP contribution in [0, 0.1) is 0 Å². The Morgan fingerprint density at radius 2 is 2.18 bits per heavy atom. The molecule has 17 heavy (non-hydrogen) atoms. The number of nitrogens with zero attached hydrogens (tertiary/aromatic N) is 3. The van der Waals surface area contributed by atoms with Gasteiger partial charge in [-0.05, 0) is 12.0 Å². The fourth-order valence-corrected chi connectivity index (χ4v) is 1.66. The van der Waals surface area contributed by atoms with Crippen molar-refractivity contribution in [1.29, 1.82) is 0 Å². The molecule has 0 bridgehead atoms. The maximum Gasteiger partial charge on any atom is 0.328 e. The van der Waals surface area contributed by atoms with Crippen molar-refractivity contribution >= 4 is 11.6 Å². The lowest BCUT2D eigenvalue weighted by molar-refractivity contribution is 0.645. The Hall–Kier alpha value is -1.82. The second-order valence-corrected chi connectivity index (χ2v) is 4.11. The van der Waals surface area contributed by atoms with E-state index >= 15 is 0 Å². The summed E-state index contributed by atoms with van der Waals surface area (Å²) in [6.07, 6.45) is 5.60. The van der Waals surface area contributed by atoms with Crippen LogP contribution in [0.5, 0.6) is 0 Å². The van der Waals surface area contributed by atoms with E-state index < -0.39 is 11.2 Å². The maximum absolute atomic E-state index is 11.4. The molecular weight excluding hydrogens is 244 g/mol. The van der Waals surface area contributed by atoms with Gasteiger partial charge in [-0.2, -0.15) is 5.10 Å². The largest absolute Gasteiger partial charge is 0.328 e. The zero-order valence-electron chi connectivity index (χ0n) is 9.18. The highest BCUT2D eigenvalue weighted by atomic mass is 35.5. The van der Waals surface area contributed by atoms with E-state index in [-0.39, 0.29) is 5.02 Å². The molecule has 2 aromatic rings. The van der Waals surface area contributed by atoms with Gasteiger partial charge in [0.25, 0.3) is 5.56 Å². The van der Waals surface area contributed by atoms with Gasteiger partial charge >= 0.3 is 5.69 Å². The Morgan fingerprint density at radius 3 is 2.82 bits per heavy atom. The predicted octanol–water partition coefficient (Wildman–Crippen LogP) is 0.166. The minimum absolute atomic E-state index is 0.00999. The van der Waals surface area contributed by atoms with Gasteiger partial charge in [-0.15, -0.1) is 0 Å². The van der Waals surface area contributed by atoms with Crippen LogP contribution in [0.25, 0.3) is 0 Å². The van der Waals surface area contributed by atoms with E-state index in [1.165, 1.54) is 10.8 Å². The number of H-pyrrole nitrogens is 1. The zero-order valence-corrected chi connectivity index (χ0v) is 9.94. The first-order valence-corrected chi connectivity index (χ1v) is 5.41. The molecule has 2 heterocycles. The molecule has 0 spiro atoms. The molecule has 7 heteroatoms. The first kappa shape index (κ1) is 11.7. The summed E-state index contributed by atoms with van der Waals surface area (Å²) < 4.78 is 3.06. The van der Waals surface area contributed by atoms with E-state index in [0.717, 1.165) is 5.56 Å². The number of aromatic amines is 1. The highest BCUT2D eigenvalue weighted by molar-refractivity contribution is 6.30. The van der Waals surface area contributed by atoms with Gasteiger partial charge in [0.05, 0.1) is 6.20 Å². The summed E-state index contributed by atoms with van der Waals surface area (Å²) in [5.74, 6) is 0. The van der Waals surface area contributed by atoms with Crippen molar-refractivity contribution in [2.45, 2.75) is 13.0 Å².